The summed E-state index contributed by atoms with van der Waals surface area (Å²) in [4.78, 5) is 24.4. The first kappa shape index (κ1) is 24.9. The maximum Gasteiger partial charge on any atom is 0.407 e. The van der Waals surface area contributed by atoms with Crippen LogP contribution < -0.4 is 5.32 Å². The Balaban J connectivity index is 1.23. The third-order valence-electron chi connectivity index (χ3n) is 5.73. The van der Waals surface area contributed by atoms with E-state index < -0.39 is 54.3 Å². The molecule has 10 heteroatoms. The summed E-state index contributed by atoms with van der Waals surface area (Å²) in [6, 6.07) is 9.39. The molecule has 1 amide bonds. The van der Waals surface area contributed by atoms with Crippen LogP contribution in [0.5, 0.6) is 0 Å². The zero-order valence-electron chi connectivity index (χ0n) is 20.0. The van der Waals surface area contributed by atoms with Crippen molar-refractivity contribution in [3.05, 3.63) is 35.9 Å². The fraction of sp³-hybridized carbons (Fsp3) is 0.667. The van der Waals surface area contributed by atoms with Crippen molar-refractivity contribution in [1.29, 1.82) is 0 Å². The number of hydrogen-bond donors (Lipinski definition) is 1. The highest BCUT2D eigenvalue weighted by molar-refractivity contribution is 5.70. The lowest BCUT2D eigenvalue weighted by atomic mass is 10.1. The van der Waals surface area contributed by atoms with Gasteiger partial charge in [-0.15, -0.1) is 0 Å². The molecular weight excluding hydrogens is 446 g/mol. The largest absolute Gasteiger partial charge is 0.456 e. The number of hydrogen-bond acceptors (Lipinski definition) is 9. The fourth-order valence-corrected chi connectivity index (χ4v) is 4.22. The molecule has 3 saturated heterocycles. The van der Waals surface area contributed by atoms with Crippen LogP contribution in [0.3, 0.4) is 0 Å². The minimum atomic E-state index is -0.846. The van der Waals surface area contributed by atoms with Crippen molar-refractivity contribution < 1.29 is 42.7 Å². The molecule has 0 saturated carbocycles. The Bertz CT molecular complexity index is 859. The van der Waals surface area contributed by atoms with E-state index in [1.54, 1.807) is 13.8 Å². The van der Waals surface area contributed by atoms with Crippen LogP contribution in [0.2, 0.25) is 0 Å². The van der Waals surface area contributed by atoms with E-state index >= 15 is 0 Å². The van der Waals surface area contributed by atoms with Crippen molar-refractivity contribution in [2.75, 3.05) is 13.2 Å². The van der Waals surface area contributed by atoms with Crippen molar-refractivity contribution in [2.24, 2.45) is 0 Å². The second-order valence-corrected chi connectivity index (χ2v) is 9.48. The maximum atomic E-state index is 12.6. The zero-order valence-corrected chi connectivity index (χ0v) is 20.0. The summed E-state index contributed by atoms with van der Waals surface area (Å²) < 4.78 is 40.3. The van der Waals surface area contributed by atoms with E-state index in [1.165, 1.54) is 0 Å². The number of rotatable bonds is 8. The van der Waals surface area contributed by atoms with E-state index in [0.29, 0.717) is 13.0 Å². The Morgan fingerprint density at radius 2 is 1.79 bits per heavy atom. The van der Waals surface area contributed by atoms with Crippen molar-refractivity contribution in [2.45, 2.75) is 89.4 Å². The molecule has 1 aromatic carbocycles. The quantitative estimate of drug-likeness (QED) is 0.444. The van der Waals surface area contributed by atoms with Crippen LogP contribution in [0.4, 0.5) is 4.79 Å². The zero-order chi connectivity index (χ0) is 24.3. The van der Waals surface area contributed by atoms with Crippen molar-refractivity contribution in [3.63, 3.8) is 0 Å². The van der Waals surface area contributed by atoms with Gasteiger partial charge in [0.15, 0.2) is 30.1 Å². The lowest BCUT2D eigenvalue weighted by molar-refractivity contribution is -0.235. The molecule has 34 heavy (non-hydrogen) atoms. The highest BCUT2D eigenvalue weighted by atomic mass is 16.8. The molecule has 3 fully saturated rings. The number of nitrogens with one attached hydrogen (secondary N) is 1. The third-order valence-corrected chi connectivity index (χ3v) is 5.73. The molecule has 188 valence electrons. The van der Waals surface area contributed by atoms with Crippen molar-refractivity contribution in [1.82, 2.24) is 5.32 Å². The van der Waals surface area contributed by atoms with Crippen LogP contribution in [-0.4, -0.2) is 67.5 Å². The number of fused-ring (bicyclic) bond motifs is 1. The Labute approximate surface area is 199 Å². The molecule has 0 radical (unpaired) electrons. The summed E-state index contributed by atoms with van der Waals surface area (Å²) in [5.41, 5.74) is 0.897. The summed E-state index contributed by atoms with van der Waals surface area (Å²) in [5, 5.41) is 2.64. The van der Waals surface area contributed by atoms with Crippen LogP contribution in [0.1, 0.15) is 46.1 Å². The minimum absolute atomic E-state index is 0.108. The fourth-order valence-electron chi connectivity index (χ4n) is 4.22. The molecule has 5 atom stereocenters. The number of amides is 1. The smallest absolute Gasteiger partial charge is 0.407 e. The molecule has 0 aliphatic carbocycles. The van der Waals surface area contributed by atoms with Crippen LogP contribution in [0, 0.1) is 0 Å². The normalized spacial score (nSPS) is 31.1. The number of alkyl carbamates (subject to hydrolysis) is 1. The van der Waals surface area contributed by atoms with Gasteiger partial charge >= 0.3 is 12.1 Å². The first-order chi connectivity index (χ1) is 16.1. The summed E-state index contributed by atoms with van der Waals surface area (Å²) in [6.45, 7) is 7.97. The van der Waals surface area contributed by atoms with E-state index in [9.17, 15) is 9.59 Å². The molecule has 0 unspecified atom stereocenters. The van der Waals surface area contributed by atoms with Gasteiger partial charge in [-0.1, -0.05) is 30.3 Å². The lowest BCUT2D eigenvalue weighted by Crippen LogP contribution is -2.45. The average molecular weight is 480 g/mol. The number of ether oxygens (including phenoxy) is 7. The van der Waals surface area contributed by atoms with Crippen molar-refractivity contribution in [3.8, 4) is 0 Å². The molecule has 4 rings (SSSR count). The first-order valence-corrected chi connectivity index (χ1v) is 11.6. The summed E-state index contributed by atoms with van der Waals surface area (Å²) in [7, 11) is 0. The van der Waals surface area contributed by atoms with Crippen LogP contribution in [0.25, 0.3) is 0 Å². The summed E-state index contributed by atoms with van der Waals surface area (Å²) >= 11 is 0. The molecule has 0 spiro atoms. The highest BCUT2D eigenvalue weighted by Gasteiger charge is 2.59. The predicted octanol–water partition coefficient (Wildman–Crippen LogP) is 2.63. The number of carbonyl (C=O) groups is 2. The third kappa shape index (κ3) is 6.25. The van der Waals surface area contributed by atoms with Gasteiger partial charge in [0, 0.05) is 13.0 Å². The van der Waals surface area contributed by atoms with E-state index in [-0.39, 0.29) is 19.6 Å². The van der Waals surface area contributed by atoms with E-state index in [4.69, 9.17) is 33.2 Å². The Morgan fingerprint density at radius 1 is 1.03 bits per heavy atom. The molecule has 3 aliphatic rings. The lowest BCUT2D eigenvalue weighted by Gasteiger charge is -2.28. The van der Waals surface area contributed by atoms with Gasteiger partial charge in [-0.25, -0.2) is 4.79 Å². The Kier molecular flexibility index (Phi) is 7.44. The van der Waals surface area contributed by atoms with Gasteiger partial charge in [0.05, 0.1) is 6.61 Å². The minimum Gasteiger partial charge on any atom is -0.456 e. The van der Waals surface area contributed by atoms with E-state index in [1.807, 2.05) is 44.2 Å². The standard InChI is InChI=1S/C24H33NO9/c1-23(2)29-14-16(32-23)18-19(20-21(31-18)34-24(3,4)33-20)30-17(26)11-8-12-25-22(27)28-13-15-9-6-5-7-10-15/h5-7,9-10,16,18-21H,8,11-14H2,1-4H3,(H,25,27)/t16-,18+,19-,20-,21-/m0/s1. The van der Waals surface area contributed by atoms with Gasteiger partial charge < -0.3 is 38.5 Å². The summed E-state index contributed by atoms with van der Waals surface area (Å²) in [6.07, 6.45) is -2.97. The van der Waals surface area contributed by atoms with Gasteiger partial charge in [-0.05, 0) is 39.7 Å². The molecule has 1 aromatic rings. The first-order valence-electron chi connectivity index (χ1n) is 11.6. The van der Waals surface area contributed by atoms with Gasteiger partial charge in [0.2, 0.25) is 0 Å². The molecule has 0 aromatic heterocycles. The molecule has 3 aliphatic heterocycles. The molecule has 0 bridgehead atoms. The maximum absolute atomic E-state index is 12.6. The molecular formula is C24H33NO9. The van der Waals surface area contributed by atoms with E-state index in [2.05, 4.69) is 5.32 Å². The Morgan fingerprint density at radius 3 is 2.50 bits per heavy atom. The molecule has 1 N–H and O–H groups in total. The van der Waals surface area contributed by atoms with Gasteiger partial charge in [-0.3, -0.25) is 4.79 Å². The van der Waals surface area contributed by atoms with Crippen LogP contribution in [0.15, 0.2) is 30.3 Å². The van der Waals surface area contributed by atoms with E-state index in [0.717, 1.165) is 5.56 Å². The highest BCUT2D eigenvalue weighted by Crippen LogP contribution is 2.42. The van der Waals surface area contributed by atoms with Crippen molar-refractivity contribution >= 4 is 12.1 Å². The van der Waals surface area contributed by atoms with Gasteiger partial charge in [-0.2, -0.15) is 0 Å². The number of esters is 1. The SMILES string of the molecule is CC1(C)O[C@@H]2O[C@H]([C@@H]3COC(C)(C)O3)[C@H](OC(=O)CCCNC(=O)OCc3ccccc3)[C@@H]2O1. The van der Waals surface area contributed by atoms with Gasteiger partial charge in [0.1, 0.15) is 18.8 Å². The number of benzene rings is 1. The van der Waals surface area contributed by atoms with Gasteiger partial charge in [0.25, 0.3) is 0 Å². The molecule has 3 heterocycles. The Hall–Kier alpha value is -2.24. The van der Waals surface area contributed by atoms with Crippen LogP contribution >= 0.6 is 0 Å². The number of carbonyl (C=O) groups excluding carboxylic acids is 2. The molecule has 10 nitrogen and oxygen atoms in total. The topological polar surface area (TPSA) is 111 Å². The average Bonchev–Trinajstić information content (AvgIpc) is 3.40. The second kappa shape index (κ2) is 10.2. The second-order valence-electron chi connectivity index (χ2n) is 9.48. The monoisotopic (exact) mass is 479 g/mol. The predicted molar refractivity (Wildman–Crippen MR) is 117 cm³/mol. The summed E-state index contributed by atoms with van der Waals surface area (Å²) in [5.74, 6) is -2.02. The van der Waals surface area contributed by atoms with Crippen LogP contribution in [-0.2, 0) is 44.6 Å².